The van der Waals surface area contributed by atoms with E-state index in [1.165, 1.54) is 20.2 Å². The number of nitrogens with two attached hydrogens (primary N) is 2. The number of primary amides is 1. The van der Waals surface area contributed by atoms with Crippen molar-refractivity contribution < 1.29 is 23.9 Å². The quantitative estimate of drug-likeness (QED) is 0.638. The topological polar surface area (TPSA) is 152 Å². The van der Waals surface area contributed by atoms with Crippen molar-refractivity contribution in [3.05, 3.63) is 40.6 Å². The molecule has 0 saturated carbocycles. The number of ether oxygens (including phenoxy) is 2. The first kappa shape index (κ1) is 22.3. The van der Waals surface area contributed by atoms with E-state index in [2.05, 4.69) is 22.3 Å². The fourth-order valence-corrected chi connectivity index (χ4v) is 2.40. The second-order valence-corrected chi connectivity index (χ2v) is 7.14. The third-order valence-corrected chi connectivity index (χ3v) is 3.69. The zero-order valence-electron chi connectivity index (χ0n) is 17.3. The van der Waals surface area contributed by atoms with Crippen molar-refractivity contribution >= 4 is 23.7 Å². The van der Waals surface area contributed by atoms with E-state index in [-0.39, 0.29) is 23.0 Å². The monoisotopic (exact) mass is 413 g/mol. The van der Waals surface area contributed by atoms with Gasteiger partial charge >= 0.3 is 6.09 Å². The second-order valence-electron chi connectivity index (χ2n) is 7.14. The smallest absolute Gasteiger partial charge is 0.437 e. The van der Waals surface area contributed by atoms with Gasteiger partial charge in [-0.3, -0.25) is 9.59 Å². The highest BCUT2D eigenvalue weighted by atomic mass is 16.6. The number of carbonyl (C=O) groups excluding carboxylic acids is 3. The van der Waals surface area contributed by atoms with Crippen LogP contribution in [0, 0.1) is 11.8 Å². The average Bonchev–Trinajstić information content (AvgIpc) is 3.00. The molecule has 0 unspecified atom stereocenters. The number of amides is 2. The Bertz CT molecular complexity index is 1070. The molecule has 0 saturated heterocycles. The van der Waals surface area contributed by atoms with Crippen molar-refractivity contribution in [1.29, 1.82) is 0 Å². The summed E-state index contributed by atoms with van der Waals surface area (Å²) in [7, 11) is 2.95. The van der Waals surface area contributed by atoms with E-state index in [0.29, 0.717) is 16.9 Å². The van der Waals surface area contributed by atoms with Gasteiger partial charge in [-0.25, -0.2) is 4.79 Å². The van der Waals surface area contributed by atoms with Crippen LogP contribution in [-0.2, 0) is 4.74 Å². The third kappa shape index (κ3) is 5.08. The molecule has 2 aromatic rings. The van der Waals surface area contributed by atoms with E-state index in [1.807, 2.05) is 0 Å². The number of hydrogen-bond donors (Lipinski definition) is 3. The van der Waals surface area contributed by atoms with Crippen LogP contribution >= 0.6 is 0 Å². The van der Waals surface area contributed by atoms with Crippen LogP contribution in [0.15, 0.2) is 18.2 Å². The Balaban J connectivity index is 2.53. The number of carbonyl (C=O) groups is 3. The van der Waals surface area contributed by atoms with Gasteiger partial charge in [0.25, 0.3) is 11.8 Å². The van der Waals surface area contributed by atoms with E-state index in [0.717, 1.165) is 4.68 Å². The predicted molar refractivity (Wildman–Crippen MR) is 109 cm³/mol. The van der Waals surface area contributed by atoms with Crippen LogP contribution in [0.1, 0.15) is 52.7 Å². The number of nitrogens with one attached hydrogen (secondary N) is 1. The normalized spacial score (nSPS) is 10.6. The van der Waals surface area contributed by atoms with Crippen LogP contribution in [-0.4, -0.2) is 47.4 Å². The highest BCUT2D eigenvalue weighted by Crippen LogP contribution is 2.20. The van der Waals surface area contributed by atoms with Crippen LogP contribution in [0.3, 0.4) is 0 Å². The molecule has 1 aromatic heterocycles. The van der Waals surface area contributed by atoms with Gasteiger partial charge in [0.2, 0.25) is 0 Å². The maximum absolute atomic E-state index is 12.3. The Kier molecular flexibility index (Phi) is 6.37. The summed E-state index contributed by atoms with van der Waals surface area (Å²) in [5.41, 5.74) is 10.9. The van der Waals surface area contributed by atoms with Gasteiger partial charge in [-0.2, -0.15) is 5.10 Å². The molecular formula is C20H23N5O5. The lowest BCUT2D eigenvalue weighted by atomic mass is 10.1. The molecule has 5 N–H and O–H groups in total. The van der Waals surface area contributed by atoms with Crippen LogP contribution in [0.25, 0.3) is 0 Å². The molecule has 1 aromatic carbocycles. The number of methoxy groups -OCH3 is 1. The first-order chi connectivity index (χ1) is 14.0. The number of aromatic nitrogens is 2. The lowest BCUT2D eigenvalue weighted by molar-refractivity contribution is 0.0518. The number of nitrogen functional groups attached to an aromatic ring is 1. The molecule has 158 valence electrons. The molecule has 0 atom stereocenters. The Morgan fingerprint density at radius 2 is 1.83 bits per heavy atom. The largest absolute Gasteiger partial charge is 0.497 e. The molecule has 2 amide bonds. The lowest BCUT2D eigenvalue weighted by Gasteiger charge is -2.19. The van der Waals surface area contributed by atoms with Gasteiger partial charge in [-0.15, -0.1) is 4.68 Å². The Labute approximate surface area is 173 Å². The molecule has 1 heterocycles. The zero-order chi connectivity index (χ0) is 22.6. The van der Waals surface area contributed by atoms with Gasteiger partial charge in [-0.05, 0) is 44.9 Å². The first-order valence-corrected chi connectivity index (χ1v) is 8.81. The molecule has 0 aliphatic heterocycles. The lowest BCUT2D eigenvalue weighted by Crippen LogP contribution is -2.28. The van der Waals surface area contributed by atoms with E-state index >= 15 is 0 Å². The molecule has 30 heavy (non-hydrogen) atoms. The first-order valence-electron chi connectivity index (χ1n) is 8.81. The molecule has 0 aliphatic carbocycles. The Morgan fingerprint density at radius 3 is 2.37 bits per heavy atom. The van der Waals surface area contributed by atoms with Gasteiger partial charge in [-0.1, -0.05) is 5.92 Å². The fourth-order valence-electron chi connectivity index (χ4n) is 2.40. The zero-order valence-corrected chi connectivity index (χ0v) is 17.3. The molecule has 10 heteroatoms. The summed E-state index contributed by atoms with van der Waals surface area (Å²) in [6, 6.07) is 4.68. The molecule has 0 radical (unpaired) electrons. The molecule has 10 nitrogen and oxygen atoms in total. The highest BCUT2D eigenvalue weighted by Gasteiger charge is 2.26. The molecule has 0 bridgehead atoms. The van der Waals surface area contributed by atoms with Crippen molar-refractivity contribution in [2.24, 2.45) is 5.73 Å². The summed E-state index contributed by atoms with van der Waals surface area (Å²) < 4.78 is 11.1. The maximum Gasteiger partial charge on any atom is 0.437 e. The van der Waals surface area contributed by atoms with E-state index in [1.54, 1.807) is 32.9 Å². The fraction of sp³-hybridized carbons (Fsp3) is 0.300. The van der Waals surface area contributed by atoms with Crippen molar-refractivity contribution in [3.63, 3.8) is 0 Å². The molecule has 0 spiro atoms. The van der Waals surface area contributed by atoms with Gasteiger partial charge in [0, 0.05) is 18.2 Å². The average molecular weight is 413 g/mol. The van der Waals surface area contributed by atoms with Crippen LogP contribution in [0.4, 0.5) is 10.6 Å². The minimum Gasteiger partial charge on any atom is -0.497 e. The second kappa shape index (κ2) is 8.57. The summed E-state index contributed by atoms with van der Waals surface area (Å²) in [5.74, 6) is 4.35. The van der Waals surface area contributed by atoms with Crippen molar-refractivity contribution in [3.8, 4) is 17.6 Å². The van der Waals surface area contributed by atoms with E-state index < -0.39 is 17.6 Å². The molecule has 2 rings (SSSR count). The summed E-state index contributed by atoms with van der Waals surface area (Å²) in [4.78, 5) is 36.1. The standard InChI is InChI=1S/C20H23N5O5/c1-20(2,3)30-19(28)25-16(21)15(17(22)26)14(24-25)7-6-11-8-12(18(27)23-4)10-13(9-11)29-5/h8-10H,21H2,1-5H3,(H2,22,26)(H,23,27). The number of anilines is 1. The summed E-state index contributed by atoms with van der Waals surface area (Å²) >= 11 is 0. The van der Waals surface area contributed by atoms with Crippen molar-refractivity contribution in [1.82, 2.24) is 15.1 Å². The van der Waals surface area contributed by atoms with Gasteiger partial charge in [0.1, 0.15) is 22.7 Å². The molecule has 0 aliphatic rings. The number of hydrogen-bond acceptors (Lipinski definition) is 7. The Hall–Kier alpha value is -4.00. The third-order valence-electron chi connectivity index (χ3n) is 3.69. The van der Waals surface area contributed by atoms with Gasteiger partial charge < -0.3 is 26.3 Å². The number of nitrogens with zero attached hydrogens (tertiary/aromatic N) is 2. The minimum atomic E-state index is -0.900. The van der Waals surface area contributed by atoms with Gasteiger partial charge in [0.05, 0.1) is 7.11 Å². The highest BCUT2D eigenvalue weighted by molar-refractivity contribution is 6.01. The SMILES string of the molecule is CNC(=O)c1cc(C#Cc2nn(C(=O)OC(C)(C)C)c(N)c2C(N)=O)cc(OC)c1. The number of rotatable bonds is 3. The van der Waals surface area contributed by atoms with Crippen molar-refractivity contribution in [2.75, 3.05) is 19.9 Å². The van der Waals surface area contributed by atoms with E-state index in [9.17, 15) is 14.4 Å². The van der Waals surface area contributed by atoms with Crippen LogP contribution in [0.5, 0.6) is 5.75 Å². The number of benzene rings is 1. The molecule has 0 fully saturated rings. The maximum atomic E-state index is 12.3. The summed E-state index contributed by atoms with van der Waals surface area (Å²) in [6.45, 7) is 5.02. The Morgan fingerprint density at radius 1 is 1.17 bits per heavy atom. The minimum absolute atomic E-state index is 0.102. The molecular weight excluding hydrogens is 390 g/mol. The predicted octanol–water partition coefficient (Wildman–Crippen LogP) is 1.12. The van der Waals surface area contributed by atoms with E-state index in [4.69, 9.17) is 20.9 Å². The van der Waals surface area contributed by atoms with Crippen molar-refractivity contribution in [2.45, 2.75) is 26.4 Å². The van der Waals surface area contributed by atoms with Gasteiger partial charge in [0.15, 0.2) is 5.69 Å². The van der Waals surface area contributed by atoms with Crippen LogP contribution < -0.4 is 21.5 Å². The van der Waals surface area contributed by atoms with Crippen LogP contribution in [0.2, 0.25) is 0 Å². The summed E-state index contributed by atoms with van der Waals surface area (Å²) in [6.07, 6.45) is -0.876. The summed E-state index contributed by atoms with van der Waals surface area (Å²) in [5, 5.41) is 6.49.